The van der Waals surface area contributed by atoms with Crippen LogP contribution in [0.15, 0.2) is 44.8 Å². The minimum Gasteiger partial charge on any atom is -0.443 e. The van der Waals surface area contributed by atoms with E-state index in [2.05, 4.69) is 72.6 Å². The molecular formula is C19H29IN4OS. The molecule has 0 aliphatic heterocycles. The van der Waals surface area contributed by atoms with E-state index in [0.717, 1.165) is 24.0 Å². The van der Waals surface area contributed by atoms with E-state index in [4.69, 9.17) is 4.42 Å². The molecule has 0 amide bonds. The molecule has 26 heavy (non-hydrogen) atoms. The number of nitrogens with zero attached hydrogens (tertiary/aromatic N) is 2. The molecule has 0 aliphatic carbocycles. The van der Waals surface area contributed by atoms with Crippen molar-refractivity contribution in [3.63, 3.8) is 0 Å². The number of guanidine groups is 1. The monoisotopic (exact) mass is 488 g/mol. The summed E-state index contributed by atoms with van der Waals surface area (Å²) >= 11 is 1.83. The lowest BCUT2D eigenvalue weighted by molar-refractivity contribution is 0.379. The second kappa shape index (κ2) is 10.8. The topological polar surface area (TPSA) is 62.5 Å². The summed E-state index contributed by atoms with van der Waals surface area (Å²) < 4.78 is 5.78. The first-order chi connectivity index (χ1) is 11.9. The van der Waals surface area contributed by atoms with Crippen LogP contribution in [0.1, 0.15) is 38.0 Å². The van der Waals surface area contributed by atoms with Crippen molar-refractivity contribution in [2.24, 2.45) is 4.99 Å². The minimum absolute atomic E-state index is 0. The standard InChI is InChI=1S/C19H28N4OS.HI/c1-14-6-8-15(9-7-14)25-11-10-21-18(20-5)23-13-17-22-12-16(24-17)19(2,3)4;/h6-9,12H,10-11,13H2,1-5H3,(H2,20,21,23);1H. The van der Waals surface area contributed by atoms with E-state index in [-0.39, 0.29) is 29.4 Å². The molecule has 5 nitrogen and oxygen atoms in total. The molecule has 0 atom stereocenters. The molecule has 0 unspecified atom stereocenters. The number of halogens is 1. The molecular weight excluding hydrogens is 459 g/mol. The summed E-state index contributed by atoms with van der Waals surface area (Å²) in [5.74, 6) is 3.28. The summed E-state index contributed by atoms with van der Waals surface area (Å²) in [5.41, 5.74) is 1.26. The van der Waals surface area contributed by atoms with E-state index >= 15 is 0 Å². The predicted molar refractivity (Wildman–Crippen MR) is 121 cm³/mol. The van der Waals surface area contributed by atoms with Crippen LogP contribution in [0.5, 0.6) is 0 Å². The van der Waals surface area contributed by atoms with E-state index in [1.165, 1.54) is 10.5 Å². The Morgan fingerprint density at radius 2 is 1.88 bits per heavy atom. The fourth-order valence-corrected chi connectivity index (χ4v) is 2.86. The second-order valence-electron chi connectivity index (χ2n) is 6.88. The maximum absolute atomic E-state index is 5.78. The van der Waals surface area contributed by atoms with Crippen LogP contribution >= 0.6 is 35.7 Å². The van der Waals surface area contributed by atoms with Gasteiger partial charge in [0.05, 0.1) is 12.7 Å². The summed E-state index contributed by atoms with van der Waals surface area (Å²) in [6.45, 7) is 9.77. The van der Waals surface area contributed by atoms with Gasteiger partial charge in [-0.2, -0.15) is 0 Å². The summed E-state index contributed by atoms with van der Waals surface area (Å²) in [4.78, 5) is 9.83. The molecule has 2 N–H and O–H groups in total. The Hall–Kier alpha value is -1.22. The van der Waals surface area contributed by atoms with Crippen LogP contribution in [0.25, 0.3) is 0 Å². The minimum atomic E-state index is -0.0294. The Kier molecular flexibility index (Phi) is 9.49. The third kappa shape index (κ3) is 7.57. The molecule has 0 radical (unpaired) electrons. The van der Waals surface area contributed by atoms with Gasteiger partial charge in [-0.05, 0) is 19.1 Å². The Bertz CT molecular complexity index is 692. The van der Waals surface area contributed by atoms with Crippen LogP contribution in [0.3, 0.4) is 0 Å². The Morgan fingerprint density at radius 1 is 1.19 bits per heavy atom. The fourth-order valence-electron chi connectivity index (χ4n) is 2.09. The number of nitrogens with one attached hydrogen (secondary N) is 2. The smallest absolute Gasteiger partial charge is 0.213 e. The first-order valence-corrected chi connectivity index (χ1v) is 9.46. The molecule has 0 bridgehead atoms. The molecule has 1 heterocycles. The van der Waals surface area contributed by atoms with Gasteiger partial charge in [-0.1, -0.05) is 38.5 Å². The average Bonchev–Trinajstić information content (AvgIpc) is 3.05. The number of aliphatic imine (C=N–C) groups is 1. The molecule has 7 heteroatoms. The number of rotatable bonds is 6. The van der Waals surface area contributed by atoms with Gasteiger partial charge in [-0.25, -0.2) is 4.98 Å². The highest BCUT2D eigenvalue weighted by molar-refractivity contribution is 14.0. The predicted octanol–water partition coefficient (Wildman–Crippen LogP) is 4.36. The van der Waals surface area contributed by atoms with Gasteiger partial charge in [0.2, 0.25) is 5.89 Å². The molecule has 2 rings (SSSR count). The zero-order valence-electron chi connectivity index (χ0n) is 16.1. The van der Waals surface area contributed by atoms with Gasteiger partial charge in [0.1, 0.15) is 5.76 Å². The van der Waals surface area contributed by atoms with Gasteiger partial charge >= 0.3 is 0 Å². The highest BCUT2D eigenvalue weighted by Crippen LogP contribution is 2.22. The largest absolute Gasteiger partial charge is 0.443 e. The maximum Gasteiger partial charge on any atom is 0.213 e. The van der Waals surface area contributed by atoms with E-state index in [1.54, 1.807) is 13.2 Å². The zero-order valence-corrected chi connectivity index (χ0v) is 19.3. The number of hydrogen-bond acceptors (Lipinski definition) is 4. The van der Waals surface area contributed by atoms with Crippen molar-refractivity contribution >= 4 is 41.7 Å². The summed E-state index contributed by atoms with van der Waals surface area (Å²) in [5, 5.41) is 6.54. The Morgan fingerprint density at radius 3 is 2.46 bits per heavy atom. The van der Waals surface area contributed by atoms with Crippen molar-refractivity contribution in [1.29, 1.82) is 0 Å². The van der Waals surface area contributed by atoms with E-state index < -0.39 is 0 Å². The van der Waals surface area contributed by atoms with Crippen molar-refractivity contribution in [3.05, 3.63) is 47.7 Å². The number of aryl methyl sites for hydroxylation is 1. The molecule has 0 aliphatic rings. The molecule has 2 aromatic rings. The summed E-state index contributed by atoms with van der Waals surface area (Å²) in [6.07, 6.45) is 1.80. The molecule has 0 saturated carbocycles. The number of oxazole rings is 1. The fraction of sp³-hybridized carbons (Fsp3) is 0.474. The lowest BCUT2D eigenvalue weighted by Crippen LogP contribution is -2.38. The highest BCUT2D eigenvalue weighted by Gasteiger charge is 2.19. The van der Waals surface area contributed by atoms with Crippen LogP contribution in [0.4, 0.5) is 0 Å². The maximum atomic E-state index is 5.78. The lowest BCUT2D eigenvalue weighted by Gasteiger charge is -2.13. The Labute approximate surface area is 177 Å². The van der Waals surface area contributed by atoms with Gasteiger partial charge in [-0.3, -0.25) is 4.99 Å². The third-order valence-corrected chi connectivity index (χ3v) is 4.62. The van der Waals surface area contributed by atoms with Crippen LogP contribution < -0.4 is 10.6 Å². The molecule has 0 spiro atoms. The summed E-state index contributed by atoms with van der Waals surface area (Å²) in [6, 6.07) is 8.59. The lowest BCUT2D eigenvalue weighted by atomic mass is 9.94. The average molecular weight is 488 g/mol. The first kappa shape index (κ1) is 22.8. The Balaban J connectivity index is 0.00000338. The van der Waals surface area contributed by atoms with Crippen molar-refractivity contribution in [2.45, 2.75) is 44.6 Å². The number of hydrogen-bond donors (Lipinski definition) is 2. The van der Waals surface area contributed by atoms with Crippen molar-refractivity contribution < 1.29 is 4.42 Å². The van der Waals surface area contributed by atoms with Crippen LogP contribution in [0.2, 0.25) is 0 Å². The zero-order chi connectivity index (χ0) is 18.3. The van der Waals surface area contributed by atoms with Crippen molar-refractivity contribution in [1.82, 2.24) is 15.6 Å². The highest BCUT2D eigenvalue weighted by atomic mass is 127. The van der Waals surface area contributed by atoms with Crippen LogP contribution in [-0.4, -0.2) is 30.3 Å². The molecule has 0 fully saturated rings. The van der Waals surface area contributed by atoms with Gasteiger partial charge in [-0.15, -0.1) is 35.7 Å². The SMILES string of the molecule is CN=C(NCCSc1ccc(C)cc1)NCc1ncc(C(C)(C)C)o1.I. The second-order valence-corrected chi connectivity index (χ2v) is 8.05. The normalized spacial score (nSPS) is 11.8. The van der Waals surface area contributed by atoms with Crippen molar-refractivity contribution in [2.75, 3.05) is 19.3 Å². The number of aromatic nitrogens is 1. The van der Waals surface area contributed by atoms with Gasteiger partial charge < -0.3 is 15.1 Å². The van der Waals surface area contributed by atoms with Gasteiger partial charge in [0.25, 0.3) is 0 Å². The quantitative estimate of drug-likeness (QED) is 0.208. The van der Waals surface area contributed by atoms with E-state index in [9.17, 15) is 0 Å². The van der Waals surface area contributed by atoms with E-state index in [1.807, 2.05) is 11.8 Å². The third-order valence-electron chi connectivity index (χ3n) is 3.61. The van der Waals surface area contributed by atoms with Crippen LogP contribution in [-0.2, 0) is 12.0 Å². The molecule has 144 valence electrons. The van der Waals surface area contributed by atoms with Gasteiger partial charge in [0, 0.05) is 29.7 Å². The summed E-state index contributed by atoms with van der Waals surface area (Å²) in [7, 11) is 1.76. The molecule has 1 aromatic carbocycles. The number of thioether (sulfide) groups is 1. The number of benzene rings is 1. The molecule has 0 saturated heterocycles. The van der Waals surface area contributed by atoms with Crippen LogP contribution in [0, 0.1) is 6.92 Å². The van der Waals surface area contributed by atoms with Gasteiger partial charge in [0.15, 0.2) is 5.96 Å². The van der Waals surface area contributed by atoms with Crippen molar-refractivity contribution in [3.8, 4) is 0 Å². The molecule has 1 aromatic heterocycles. The first-order valence-electron chi connectivity index (χ1n) is 8.47. The van der Waals surface area contributed by atoms with E-state index in [0.29, 0.717) is 12.4 Å².